The number of halogens is 2. The summed E-state index contributed by atoms with van der Waals surface area (Å²) in [6.45, 7) is 0. The zero-order chi connectivity index (χ0) is 11.4. The average Bonchev–Trinajstić information content (AvgIpc) is 2.14. The number of rotatable bonds is 4. The Morgan fingerprint density at radius 1 is 1.33 bits per heavy atom. The first-order valence-corrected chi connectivity index (χ1v) is 5.06. The van der Waals surface area contributed by atoms with Gasteiger partial charge in [-0.25, -0.2) is 4.39 Å². The number of hydrogen-bond donors (Lipinski definition) is 1. The maximum Gasteiger partial charge on any atom is 0.217 e. The normalized spacial score (nSPS) is 10.0. The Kier molecular flexibility index (Phi) is 3.96. The van der Waals surface area contributed by atoms with Crippen molar-refractivity contribution in [3.63, 3.8) is 0 Å². The molecule has 0 heterocycles. The molecule has 80 valence electrons. The third kappa shape index (κ3) is 3.43. The van der Waals surface area contributed by atoms with Gasteiger partial charge >= 0.3 is 0 Å². The van der Waals surface area contributed by atoms with E-state index >= 15 is 0 Å². The zero-order valence-corrected chi connectivity index (χ0v) is 9.38. The summed E-state index contributed by atoms with van der Waals surface area (Å²) in [5, 5.41) is 0. The highest BCUT2D eigenvalue weighted by Gasteiger charge is 2.11. The highest BCUT2D eigenvalue weighted by atomic mass is 79.9. The predicted molar refractivity (Wildman–Crippen MR) is 56.9 cm³/mol. The van der Waals surface area contributed by atoms with Crippen LogP contribution in [0.4, 0.5) is 4.39 Å². The van der Waals surface area contributed by atoms with E-state index in [4.69, 9.17) is 5.73 Å². The van der Waals surface area contributed by atoms with Crippen molar-refractivity contribution in [3.8, 4) is 0 Å². The largest absolute Gasteiger partial charge is 0.370 e. The molecule has 5 heteroatoms. The van der Waals surface area contributed by atoms with E-state index in [0.717, 1.165) is 0 Å². The fourth-order valence-corrected chi connectivity index (χ4v) is 1.66. The average molecular weight is 274 g/mol. The van der Waals surface area contributed by atoms with E-state index in [-0.39, 0.29) is 18.6 Å². The van der Waals surface area contributed by atoms with Crippen LogP contribution in [0.3, 0.4) is 0 Å². The van der Waals surface area contributed by atoms with Gasteiger partial charge in [0.1, 0.15) is 5.82 Å². The zero-order valence-electron chi connectivity index (χ0n) is 7.80. The Morgan fingerprint density at radius 2 is 2.00 bits per heavy atom. The van der Waals surface area contributed by atoms with E-state index in [0.29, 0.717) is 10.0 Å². The van der Waals surface area contributed by atoms with E-state index in [1.54, 1.807) is 0 Å². The number of hydrogen-bond acceptors (Lipinski definition) is 2. The molecule has 0 saturated heterocycles. The molecule has 0 atom stereocenters. The number of ketones is 1. The topological polar surface area (TPSA) is 60.2 Å². The lowest BCUT2D eigenvalue weighted by molar-refractivity contribution is -0.118. The highest BCUT2D eigenvalue weighted by Crippen LogP contribution is 2.19. The maximum absolute atomic E-state index is 12.7. The van der Waals surface area contributed by atoms with Gasteiger partial charge in [0.25, 0.3) is 0 Å². The van der Waals surface area contributed by atoms with Gasteiger partial charge in [-0.1, -0.05) is 0 Å². The predicted octanol–water partition coefficient (Wildman–Crippen LogP) is 2.04. The van der Waals surface area contributed by atoms with Crippen molar-refractivity contribution < 1.29 is 14.0 Å². The summed E-state index contributed by atoms with van der Waals surface area (Å²) < 4.78 is 13.1. The van der Waals surface area contributed by atoms with Gasteiger partial charge in [0.15, 0.2) is 5.78 Å². The Hall–Kier alpha value is -1.23. The summed E-state index contributed by atoms with van der Waals surface area (Å²) >= 11 is 3.08. The minimum absolute atomic E-state index is 0.00263. The monoisotopic (exact) mass is 273 g/mol. The third-order valence-corrected chi connectivity index (χ3v) is 2.49. The van der Waals surface area contributed by atoms with Crippen molar-refractivity contribution in [2.24, 2.45) is 5.73 Å². The molecule has 0 spiro atoms. The lowest BCUT2D eigenvalue weighted by Crippen LogP contribution is -2.13. The number of nitrogens with two attached hydrogens (primary N) is 1. The van der Waals surface area contributed by atoms with Crippen LogP contribution in [0.1, 0.15) is 23.2 Å². The highest BCUT2D eigenvalue weighted by molar-refractivity contribution is 9.10. The van der Waals surface area contributed by atoms with Crippen LogP contribution in [0.5, 0.6) is 0 Å². The molecule has 15 heavy (non-hydrogen) atoms. The molecule has 0 aliphatic heterocycles. The van der Waals surface area contributed by atoms with Crippen LogP contribution in [0.15, 0.2) is 22.7 Å². The van der Waals surface area contributed by atoms with Crippen molar-refractivity contribution >= 4 is 27.6 Å². The van der Waals surface area contributed by atoms with Gasteiger partial charge in [-0.2, -0.15) is 0 Å². The van der Waals surface area contributed by atoms with Crippen LogP contribution in [0, 0.1) is 5.82 Å². The van der Waals surface area contributed by atoms with Crippen molar-refractivity contribution in [3.05, 3.63) is 34.1 Å². The van der Waals surface area contributed by atoms with Crippen LogP contribution < -0.4 is 5.73 Å². The van der Waals surface area contributed by atoms with Gasteiger partial charge in [0, 0.05) is 22.9 Å². The first kappa shape index (κ1) is 11.8. The first-order chi connectivity index (χ1) is 7.00. The summed E-state index contributed by atoms with van der Waals surface area (Å²) in [6, 6.07) is 3.78. The molecule has 0 bridgehead atoms. The Morgan fingerprint density at radius 3 is 2.53 bits per heavy atom. The van der Waals surface area contributed by atoms with Gasteiger partial charge in [-0.05, 0) is 34.1 Å². The molecule has 0 aromatic heterocycles. The maximum atomic E-state index is 12.7. The molecule has 0 fully saturated rings. The van der Waals surface area contributed by atoms with Gasteiger partial charge in [-0.3, -0.25) is 9.59 Å². The Balaban J connectivity index is 2.78. The number of amides is 1. The molecule has 3 nitrogen and oxygen atoms in total. The Bertz CT molecular complexity index is 406. The fourth-order valence-electron chi connectivity index (χ4n) is 1.09. The van der Waals surface area contributed by atoms with Crippen LogP contribution in [-0.2, 0) is 4.79 Å². The molecule has 0 radical (unpaired) electrons. The van der Waals surface area contributed by atoms with Gasteiger partial charge in [-0.15, -0.1) is 0 Å². The third-order valence-electron chi connectivity index (χ3n) is 1.83. The lowest BCUT2D eigenvalue weighted by Gasteiger charge is -2.02. The molecule has 0 saturated carbocycles. The second-order valence-corrected chi connectivity index (χ2v) is 3.87. The van der Waals surface area contributed by atoms with Crippen molar-refractivity contribution in [1.29, 1.82) is 0 Å². The summed E-state index contributed by atoms with van der Waals surface area (Å²) in [5.74, 6) is -1.18. The number of benzene rings is 1. The summed E-state index contributed by atoms with van der Waals surface area (Å²) in [4.78, 5) is 22.0. The lowest BCUT2D eigenvalue weighted by atomic mass is 10.1. The van der Waals surface area contributed by atoms with E-state index < -0.39 is 11.7 Å². The molecule has 1 aromatic rings. The molecule has 2 N–H and O–H groups in total. The number of primary amides is 1. The quantitative estimate of drug-likeness (QED) is 0.854. The minimum Gasteiger partial charge on any atom is -0.370 e. The molecule has 0 unspecified atom stereocenters. The summed E-state index contributed by atoms with van der Waals surface area (Å²) in [6.07, 6.45) is 0.0439. The van der Waals surface area contributed by atoms with E-state index in [1.807, 2.05) is 0 Å². The standard InChI is InChI=1S/C10H9BrFNO2/c11-8-5-6(12)1-2-7(8)9(14)3-4-10(13)15/h1-2,5H,3-4H2,(H2,13,15). The van der Waals surface area contributed by atoms with Crippen molar-refractivity contribution in [2.75, 3.05) is 0 Å². The number of carbonyl (C=O) groups excluding carboxylic acids is 2. The Labute approximate surface area is 94.6 Å². The van der Waals surface area contributed by atoms with E-state index in [9.17, 15) is 14.0 Å². The molecule has 1 rings (SSSR count). The second kappa shape index (κ2) is 5.02. The SMILES string of the molecule is NC(=O)CCC(=O)c1ccc(F)cc1Br. The van der Waals surface area contributed by atoms with Crippen LogP contribution >= 0.6 is 15.9 Å². The van der Waals surface area contributed by atoms with Gasteiger partial charge in [0.05, 0.1) is 0 Å². The van der Waals surface area contributed by atoms with E-state index in [1.165, 1.54) is 18.2 Å². The fraction of sp³-hybridized carbons (Fsp3) is 0.200. The molecular formula is C10H9BrFNO2. The smallest absolute Gasteiger partial charge is 0.217 e. The van der Waals surface area contributed by atoms with Crippen molar-refractivity contribution in [1.82, 2.24) is 0 Å². The van der Waals surface area contributed by atoms with Gasteiger partial charge in [0.2, 0.25) is 5.91 Å². The van der Waals surface area contributed by atoms with Crippen molar-refractivity contribution in [2.45, 2.75) is 12.8 Å². The molecule has 1 aromatic carbocycles. The minimum atomic E-state index is -0.526. The number of carbonyl (C=O) groups is 2. The second-order valence-electron chi connectivity index (χ2n) is 3.01. The summed E-state index contributed by atoms with van der Waals surface area (Å²) in [5.41, 5.74) is 5.28. The molecule has 0 aliphatic rings. The first-order valence-electron chi connectivity index (χ1n) is 4.27. The van der Waals surface area contributed by atoms with Gasteiger partial charge < -0.3 is 5.73 Å². The molecule has 0 aliphatic carbocycles. The van der Waals surface area contributed by atoms with E-state index in [2.05, 4.69) is 15.9 Å². The summed E-state index contributed by atoms with van der Waals surface area (Å²) in [7, 11) is 0. The number of Topliss-reactive ketones (excluding diaryl/α,β-unsaturated/α-hetero) is 1. The van der Waals surface area contributed by atoms with Crippen LogP contribution in [0.25, 0.3) is 0 Å². The molecular weight excluding hydrogens is 265 g/mol. The molecule has 1 amide bonds. The van der Waals surface area contributed by atoms with Crippen LogP contribution in [-0.4, -0.2) is 11.7 Å². The van der Waals surface area contributed by atoms with Crippen LogP contribution in [0.2, 0.25) is 0 Å².